The molecule has 0 unspecified atom stereocenters. The molecule has 2 aromatic rings. The third-order valence-electron chi connectivity index (χ3n) is 6.70. The molecule has 1 saturated heterocycles. The van der Waals surface area contributed by atoms with E-state index in [0.29, 0.717) is 17.7 Å². The van der Waals surface area contributed by atoms with Crippen LogP contribution in [0.1, 0.15) is 57.5 Å². The monoisotopic (exact) mass is 389 g/mol. The summed E-state index contributed by atoms with van der Waals surface area (Å²) in [6.07, 6.45) is 5.36. The maximum absolute atomic E-state index is 13.2. The minimum Gasteiger partial charge on any atom is -0.354 e. The van der Waals surface area contributed by atoms with Crippen LogP contribution in [0.5, 0.6) is 0 Å². The highest BCUT2D eigenvalue weighted by atomic mass is 16.2. The van der Waals surface area contributed by atoms with Gasteiger partial charge >= 0.3 is 0 Å². The normalized spacial score (nSPS) is 21.2. The average molecular weight is 389 g/mol. The Bertz CT molecular complexity index is 970. The zero-order valence-corrected chi connectivity index (χ0v) is 16.9. The third kappa shape index (κ3) is 3.09. The summed E-state index contributed by atoms with van der Waals surface area (Å²) in [6.45, 7) is 2.20. The number of carbonyl (C=O) groups excluding carboxylic acids is 2. The van der Waals surface area contributed by atoms with E-state index in [0.717, 1.165) is 44.5 Å². The summed E-state index contributed by atoms with van der Waals surface area (Å²) in [5.41, 5.74) is 4.84. The Labute approximate surface area is 171 Å². The number of hydrogen-bond acceptors (Lipinski definition) is 3. The molecule has 2 amide bonds. The predicted octanol–water partition coefficient (Wildman–Crippen LogP) is 3.68. The summed E-state index contributed by atoms with van der Waals surface area (Å²) in [6, 6.07) is 13.9. The Morgan fingerprint density at radius 3 is 2.69 bits per heavy atom. The van der Waals surface area contributed by atoms with Crippen molar-refractivity contribution in [3.8, 4) is 0 Å². The number of amides is 2. The Morgan fingerprint density at radius 1 is 1.00 bits per heavy atom. The first kappa shape index (κ1) is 18.2. The molecule has 0 aromatic heterocycles. The van der Waals surface area contributed by atoms with E-state index in [1.165, 1.54) is 17.5 Å². The van der Waals surface area contributed by atoms with Crippen molar-refractivity contribution >= 4 is 17.5 Å². The van der Waals surface area contributed by atoms with E-state index >= 15 is 0 Å². The highest BCUT2D eigenvalue weighted by molar-refractivity contribution is 6.04. The molecule has 0 spiro atoms. The number of fused-ring (bicyclic) bond motifs is 3. The second-order valence-corrected chi connectivity index (χ2v) is 8.42. The van der Waals surface area contributed by atoms with Crippen LogP contribution in [0.4, 0.5) is 5.69 Å². The fraction of sp³-hybridized carbons (Fsp3) is 0.417. The molecule has 3 heterocycles. The Balaban J connectivity index is 1.44. The van der Waals surface area contributed by atoms with Gasteiger partial charge in [0.2, 0.25) is 0 Å². The summed E-state index contributed by atoms with van der Waals surface area (Å²) in [5, 5.41) is 0. The molecule has 0 radical (unpaired) electrons. The second kappa shape index (κ2) is 7.21. The van der Waals surface area contributed by atoms with E-state index < -0.39 is 0 Å². The molecule has 1 atom stereocenters. The molecule has 3 aliphatic heterocycles. The van der Waals surface area contributed by atoms with E-state index in [1.54, 1.807) is 0 Å². The van der Waals surface area contributed by atoms with Gasteiger partial charge in [0.05, 0.1) is 11.3 Å². The lowest BCUT2D eigenvalue weighted by Gasteiger charge is -2.43. The van der Waals surface area contributed by atoms with Gasteiger partial charge < -0.3 is 14.7 Å². The van der Waals surface area contributed by atoms with Crippen LogP contribution in [0.25, 0.3) is 0 Å². The van der Waals surface area contributed by atoms with Gasteiger partial charge in [0.25, 0.3) is 11.8 Å². The molecule has 0 saturated carbocycles. The van der Waals surface area contributed by atoms with E-state index in [9.17, 15) is 9.59 Å². The van der Waals surface area contributed by atoms with Crippen LogP contribution in [-0.4, -0.2) is 47.9 Å². The van der Waals surface area contributed by atoms with Crippen LogP contribution in [0, 0.1) is 0 Å². The number of carbonyl (C=O) groups is 2. The fourth-order valence-electron chi connectivity index (χ4n) is 5.03. The number of benzene rings is 2. The van der Waals surface area contributed by atoms with Gasteiger partial charge in [-0.05, 0) is 55.0 Å². The zero-order valence-electron chi connectivity index (χ0n) is 16.9. The highest BCUT2D eigenvalue weighted by Gasteiger charge is 2.36. The summed E-state index contributed by atoms with van der Waals surface area (Å²) in [7, 11) is 2.06. The molecular formula is C24H27N3O2. The van der Waals surface area contributed by atoms with Crippen molar-refractivity contribution in [3.63, 3.8) is 0 Å². The minimum absolute atomic E-state index is 0.0476. The van der Waals surface area contributed by atoms with Gasteiger partial charge in [-0.25, -0.2) is 0 Å². The first-order chi connectivity index (χ1) is 14.1. The van der Waals surface area contributed by atoms with Crippen LogP contribution >= 0.6 is 0 Å². The van der Waals surface area contributed by atoms with Crippen LogP contribution in [-0.2, 0) is 13.0 Å². The summed E-state index contributed by atoms with van der Waals surface area (Å²) in [5.74, 6) is 0.155. The van der Waals surface area contributed by atoms with Crippen molar-refractivity contribution in [1.82, 2.24) is 9.80 Å². The van der Waals surface area contributed by atoms with Crippen molar-refractivity contribution in [1.29, 1.82) is 0 Å². The van der Waals surface area contributed by atoms with E-state index in [-0.39, 0.29) is 18.0 Å². The lowest BCUT2D eigenvalue weighted by atomic mass is 9.98. The van der Waals surface area contributed by atoms with Gasteiger partial charge in [0.15, 0.2) is 0 Å². The zero-order chi connectivity index (χ0) is 20.0. The first-order valence-corrected chi connectivity index (χ1v) is 10.7. The molecule has 150 valence electrons. The SMILES string of the molecule is CN1c2cc(C(=O)N3CCc4ccccc4C3)ccc2C(=O)N2CCCCC[C@H]21. The highest BCUT2D eigenvalue weighted by Crippen LogP contribution is 2.35. The molecule has 0 N–H and O–H groups in total. The van der Waals surface area contributed by atoms with Crippen molar-refractivity contribution in [3.05, 3.63) is 64.7 Å². The van der Waals surface area contributed by atoms with Gasteiger partial charge in [-0.1, -0.05) is 30.7 Å². The van der Waals surface area contributed by atoms with Gasteiger partial charge in [0, 0.05) is 32.2 Å². The molecule has 5 rings (SSSR count). The summed E-state index contributed by atoms with van der Waals surface area (Å²) >= 11 is 0. The summed E-state index contributed by atoms with van der Waals surface area (Å²) < 4.78 is 0. The van der Waals surface area contributed by atoms with Crippen molar-refractivity contribution in [2.45, 2.75) is 44.8 Å². The van der Waals surface area contributed by atoms with Gasteiger partial charge in [0.1, 0.15) is 6.17 Å². The molecule has 1 fully saturated rings. The van der Waals surface area contributed by atoms with Gasteiger partial charge in [-0.15, -0.1) is 0 Å². The largest absolute Gasteiger partial charge is 0.354 e. The topological polar surface area (TPSA) is 43.9 Å². The number of hydrogen-bond donors (Lipinski definition) is 0. The predicted molar refractivity (Wildman–Crippen MR) is 113 cm³/mol. The van der Waals surface area contributed by atoms with Gasteiger partial charge in [-0.2, -0.15) is 0 Å². The third-order valence-corrected chi connectivity index (χ3v) is 6.70. The van der Waals surface area contributed by atoms with E-state index in [2.05, 4.69) is 30.1 Å². The molecule has 29 heavy (non-hydrogen) atoms. The van der Waals surface area contributed by atoms with Gasteiger partial charge in [-0.3, -0.25) is 9.59 Å². The number of nitrogens with zero attached hydrogens (tertiary/aromatic N) is 3. The Morgan fingerprint density at radius 2 is 1.83 bits per heavy atom. The molecule has 0 bridgehead atoms. The van der Waals surface area contributed by atoms with Crippen LogP contribution < -0.4 is 4.90 Å². The number of rotatable bonds is 1. The second-order valence-electron chi connectivity index (χ2n) is 8.42. The van der Waals surface area contributed by atoms with E-state index in [1.807, 2.05) is 34.1 Å². The molecule has 5 heteroatoms. The van der Waals surface area contributed by atoms with Crippen LogP contribution in [0.15, 0.2) is 42.5 Å². The standard InChI is InChI=1S/C24H27N3O2/c1-25-21-15-18(23(28)26-14-12-17-7-4-5-8-19(17)16-26)10-11-20(21)24(29)27-13-6-2-3-9-22(25)27/h4-5,7-8,10-11,15,22H,2-3,6,9,12-14,16H2,1H3/t22-/m0/s1. The van der Waals surface area contributed by atoms with Crippen molar-refractivity contribution in [2.75, 3.05) is 25.0 Å². The minimum atomic E-state index is 0.0476. The molecule has 2 aromatic carbocycles. The summed E-state index contributed by atoms with van der Waals surface area (Å²) in [4.78, 5) is 32.4. The van der Waals surface area contributed by atoms with Crippen molar-refractivity contribution < 1.29 is 9.59 Å². The molecular weight excluding hydrogens is 362 g/mol. The first-order valence-electron chi connectivity index (χ1n) is 10.7. The van der Waals surface area contributed by atoms with Crippen molar-refractivity contribution in [2.24, 2.45) is 0 Å². The maximum atomic E-state index is 13.2. The average Bonchev–Trinajstić information content (AvgIpc) is 3.03. The lowest BCUT2D eigenvalue weighted by Crippen LogP contribution is -2.53. The van der Waals surface area contributed by atoms with E-state index in [4.69, 9.17) is 0 Å². The fourth-order valence-corrected chi connectivity index (χ4v) is 5.03. The lowest BCUT2D eigenvalue weighted by molar-refractivity contribution is 0.0659. The Hall–Kier alpha value is -2.82. The molecule has 0 aliphatic carbocycles. The Kier molecular flexibility index (Phi) is 4.53. The number of anilines is 1. The molecule has 5 nitrogen and oxygen atoms in total. The molecule has 3 aliphatic rings. The van der Waals surface area contributed by atoms with Crippen LogP contribution in [0.3, 0.4) is 0 Å². The quantitative estimate of drug-likeness (QED) is 0.747. The maximum Gasteiger partial charge on any atom is 0.257 e. The van der Waals surface area contributed by atoms with Crippen LogP contribution in [0.2, 0.25) is 0 Å². The smallest absolute Gasteiger partial charge is 0.257 e.